The van der Waals surface area contributed by atoms with E-state index >= 15 is 4.39 Å². The Kier molecular flexibility index (Phi) is 7.61. The van der Waals surface area contributed by atoms with Gasteiger partial charge in [0.25, 0.3) is 0 Å². The highest BCUT2D eigenvalue weighted by molar-refractivity contribution is 5.67. The molecule has 34 heavy (non-hydrogen) atoms. The fourth-order valence-electron chi connectivity index (χ4n) is 4.11. The molecule has 0 aromatic heterocycles. The van der Waals surface area contributed by atoms with E-state index in [-0.39, 0.29) is 5.82 Å². The van der Waals surface area contributed by atoms with Crippen LogP contribution in [0.5, 0.6) is 0 Å². The summed E-state index contributed by atoms with van der Waals surface area (Å²) in [6, 6.07) is 28.7. The van der Waals surface area contributed by atoms with Crippen molar-refractivity contribution in [2.75, 3.05) is 0 Å². The van der Waals surface area contributed by atoms with Crippen molar-refractivity contribution in [2.24, 2.45) is 0 Å². The summed E-state index contributed by atoms with van der Waals surface area (Å²) in [6.45, 7) is 6.28. The Morgan fingerprint density at radius 3 is 1.82 bits per heavy atom. The average molecular weight is 447 g/mol. The van der Waals surface area contributed by atoms with Crippen molar-refractivity contribution in [3.63, 3.8) is 0 Å². The standard InChI is InChI=1S/C33H31F/c1-4-5-26-10-12-28(13-11-26)18-21-31-23-33(34)32(22-25(31)3)30-19-16-29(17-20-30)15-14-27-8-6-24(2)7-9-27/h6-13,16-17,19-20,22-23H,4-5,14-15H2,1-3H3. The van der Waals surface area contributed by atoms with Gasteiger partial charge in [0.2, 0.25) is 0 Å². The monoisotopic (exact) mass is 446 g/mol. The molecule has 0 nitrogen and oxygen atoms in total. The van der Waals surface area contributed by atoms with Crippen LogP contribution in [0.4, 0.5) is 4.39 Å². The summed E-state index contributed by atoms with van der Waals surface area (Å²) in [6.07, 6.45) is 4.18. The summed E-state index contributed by atoms with van der Waals surface area (Å²) in [4.78, 5) is 0. The zero-order valence-corrected chi connectivity index (χ0v) is 20.3. The van der Waals surface area contributed by atoms with Gasteiger partial charge in [-0.15, -0.1) is 0 Å². The van der Waals surface area contributed by atoms with E-state index in [1.165, 1.54) is 22.3 Å². The Balaban J connectivity index is 1.46. The predicted molar refractivity (Wildman–Crippen MR) is 142 cm³/mol. The van der Waals surface area contributed by atoms with Crippen molar-refractivity contribution in [1.82, 2.24) is 0 Å². The maximum absolute atomic E-state index is 15.0. The highest BCUT2D eigenvalue weighted by atomic mass is 19.1. The quantitative estimate of drug-likeness (QED) is 0.262. The van der Waals surface area contributed by atoms with Crippen molar-refractivity contribution in [3.05, 3.63) is 130 Å². The van der Waals surface area contributed by atoms with Gasteiger partial charge in [-0.2, -0.15) is 0 Å². The molecule has 0 aliphatic rings. The van der Waals surface area contributed by atoms with Crippen LogP contribution in [0.15, 0.2) is 84.9 Å². The van der Waals surface area contributed by atoms with Crippen molar-refractivity contribution in [1.29, 1.82) is 0 Å². The zero-order chi connectivity index (χ0) is 23.9. The third-order valence-corrected chi connectivity index (χ3v) is 6.24. The topological polar surface area (TPSA) is 0 Å². The molecule has 0 heterocycles. The number of aryl methyl sites for hydroxylation is 5. The molecule has 4 aromatic carbocycles. The molecule has 4 aromatic rings. The molecule has 0 N–H and O–H groups in total. The molecule has 0 bridgehead atoms. The molecule has 0 aliphatic heterocycles. The first kappa shape index (κ1) is 23.5. The first-order chi connectivity index (χ1) is 16.5. The molecule has 4 rings (SSSR count). The number of hydrogen-bond acceptors (Lipinski definition) is 0. The van der Waals surface area contributed by atoms with Gasteiger partial charge in [0.05, 0.1) is 0 Å². The van der Waals surface area contributed by atoms with Gasteiger partial charge in [0.15, 0.2) is 0 Å². The van der Waals surface area contributed by atoms with Gasteiger partial charge in [-0.3, -0.25) is 0 Å². The second kappa shape index (κ2) is 11.0. The number of rotatable bonds is 6. The highest BCUT2D eigenvalue weighted by Crippen LogP contribution is 2.26. The maximum Gasteiger partial charge on any atom is 0.132 e. The number of hydrogen-bond donors (Lipinski definition) is 0. The molecule has 0 atom stereocenters. The molecule has 0 fully saturated rings. The van der Waals surface area contributed by atoms with E-state index in [2.05, 4.69) is 74.2 Å². The Hall–Kier alpha value is -3.63. The molecule has 0 amide bonds. The Labute approximate surface area is 203 Å². The van der Waals surface area contributed by atoms with Crippen molar-refractivity contribution < 1.29 is 4.39 Å². The smallest absolute Gasteiger partial charge is 0.132 e. The lowest BCUT2D eigenvalue weighted by molar-refractivity contribution is 0.630. The number of halogens is 1. The van der Waals surface area contributed by atoms with E-state index in [0.717, 1.165) is 47.9 Å². The molecular formula is C33H31F. The molecular weight excluding hydrogens is 415 g/mol. The third-order valence-electron chi connectivity index (χ3n) is 6.24. The molecule has 0 spiro atoms. The van der Waals surface area contributed by atoms with Crippen LogP contribution in [0.1, 0.15) is 52.3 Å². The maximum atomic E-state index is 15.0. The van der Waals surface area contributed by atoms with Gasteiger partial charge in [-0.25, -0.2) is 4.39 Å². The van der Waals surface area contributed by atoms with Gasteiger partial charge in [-0.1, -0.05) is 91.4 Å². The van der Waals surface area contributed by atoms with Crippen LogP contribution in [-0.2, 0) is 19.3 Å². The van der Waals surface area contributed by atoms with E-state index in [1.807, 2.05) is 37.3 Å². The number of benzene rings is 4. The van der Waals surface area contributed by atoms with Gasteiger partial charge >= 0.3 is 0 Å². The minimum atomic E-state index is -0.236. The molecule has 0 unspecified atom stereocenters. The summed E-state index contributed by atoms with van der Waals surface area (Å²) >= 11 is 0. The summed E-state index contributed by atoms with van der Waals surface area (Å²) < 4.78 is 15.0. The van der Waals surface area contributed by atoms with E-state index < -0.39 is 0 Å². The zero-order valence-electron chi connectivity index (χ0n) is 20.3. The first-order valence-corrected chi connectivity index (χ1v) is 12.1. The lowest BCUT2D eigenvalue weighted by Gasteiger charge is -2.09. The molecule has 1 heteroatoms. The van der Waals surface area contributed by atoms with Crippen LogP contribution in [0.2, 0.25) is 0 Å². The SMILES string of the molecule is CCCc1ccc(C#Cc2cc(F)c(-c3ccc(CCc4ccc(C)cc4)cc3)cc2C)cc1. The van der Waals surface area contributed by atoms with Crippen molar-refractivity contribution >= 4 is 0 Å². The Morgan fingerprint density at radius 1 is 0.647 bits per heavy atom. The first-order valence-electron chi connectivity index (χ1n) is 12.1. The molecule has 170 valence electrons. The van der Waals surface area contributed by atoms with Crippen molar-refractivity contribution in [2.45, 2.75) is 46.5 Å². The van der Waals surface area contributed by atoms with Crippen molar-refractivity contribution in [3.8, 4) is 23.0 Å². The minimum Gasteiger partial charge on any atom is -0.206 e. The normalized spacial score (nSPS) is 10.6. The molecule has 0 saturated carbocycles. The van der Waals surface area contributed by atoms with Gasteiger partial charge in [0.1, 0.15) is 5.82 Å². The van der Waals surface area contributed by atoms with Crippen LogP contribution in [0, 0.1) is 31.5 Å². The fraction of sp³-hybridized carbons (Fsp3) is 0.212. The minimum absolute atomic E-state index is 0.236. The Morgan fingerprint density at radius 2 is 1.21 bits per heavy atom. The lowest BCUT2D eigenvalue weighted by Crippen LogP contribution is -1.93. The molecule has 0 radical (unpaired) electrons. The molecule has 0 aliphatic carbocycles. The van der Waals surface area contributed by atoms with Crippen LogP contribution >= 0.6 is 0 Å². The second-order valence-corrected chi connectivity index (χ2v) is 9.03. The average Bonchev–Trinajstić information content (AvgIpc) is 2.85. The van der Waals surface area contributed by atoms with Gasteiger partial charge in [-0.05, 0) is 85.2 Å². The highest BCUT2D eigenvalue weighted by Gasteiger charge is 2.09. The third kappa shape index (κ3) is 6.03. The van der Waals surface area contributed by atoms with E-state index in [9.17, 15) is 0 Å². The van der Waals surface area contributed by atoms with E-state index in [0.29, 0.717) is 5.56 Å². The van der Waals surface area contributed by atoms with Crippen LogP contribution in [-0.4, -0.2) is 0 Å². The Bertz CT molecular complexity index is 1300. The molecule has 0 saturated heterocycles. The largest absolute Gasteiger partial charge is 0.206 e. The summed E-state index contributed by atoms with van der Waals surface area (Å²) in [7, 11) is 0. The lowest BCUT2D eigenvalue weighted by atomic mass is 9.97. The van der Waals surface area contributed by atoms with E-state index in [4.69, 9.17) is 0 Å². The van der Waals surface area contributed by atoms with E-state index in [1.54, 1.807) is 6.07 Å². The van der Waals surface area contributed by atoms with Crippen LogP contribution in [0.3, 0.4) is 0 Å². The summed E-state index contributed by atoms with van der Waals surface area (Å²) in [5.74, 6) is 6.10. The van der Waals surface area contributed by atoms with Crippen LogP contribution in [0.25, 0.3) is 11.1 Å². The second-order valence-electron chi connectivity index (χ2n) is 9.03. The summed E-state index contributed by atoms with van der Waals surface area (Å²) in [5, 5.41) is 0. The van der Waals surface area contributed by atoms with Gasteiger partial charge in [0, 0.05) is 16.7 Å². The van der Waals surface area contributed by atoms with Gasteiger partial charge < -0.3 is 0 Å². The van der Waals surface area contributed by atoms with Crippen LogP contribution < -0.4 is 0 Å². The predicted octanol–water partition coefficient (Wildman–Crippen LogP) is 8.25. The fourth-order valence-corrected chi connectivity index (χ4v) is 4.11. The summed E-state index contributed by atoms with van der Waals surface area (Å²) in [5.41, 5.74) is 9.37.